The van der Waals surface area contributed by atoms with E-state index in [9.17, 15) is 9.59 Å². The first-order valence-electron chi connectivity index (χ1n) is 8.66. The molecule has 0 radical (unpaired) electrons. The van der Waals surface area contributed by atoms with E-state index in [1.807, 2.05) is 54.3 Å². The Morgan fingerprint density at radius 2 is 1.67 bits per heavy atom. The molecular weight excluding hydrogens is 298 g/mol. The van der Waals surface area contributed by atoms with E-state index in [1.54, 1.807) is 0 Å². The lowest BCUT2D eigenvalue weighted by Gasteiger charge is -2.32. The molecule has 2 aromatic rings. The van der Waals surface area contributed by atoms with Gasteiger partial charge in [-0.1, -0.05) is 61.5 Å². The van der Waals surface area contributed by atoms with E-state index in [2.05, 4.69) is 12.1 Å². The lowest BCUT2D eigenvalue weighted by atomic mass is 9.89. The summed E-state index contributed by atoms with van der Waals surface area (Å²) < 4.78 is 0. The minimum Gasteiger partial charge on any atom is -0.342 e. The van der Waals surface area contributed by atoms with Crippen LogP contribution < -0.4 is 0 Å². The van der Waals surface area contributed by atoms with Gasteiger partial charge in [-0.2, -0.15) is 0 Å². The highest BCUT2D eigenvalue weighted by Crippen LogP contribution is 2.24. The van der Waals surface area contributed by atoms with E-state index in [4.69, 9.17) is 0 Å². The molecule has 3 rings (SSSR count). The second-order valence-corrected chi connectivity index (χ2v) is 6.34. The van der Waals surface area contributed by atoms with Gasteiger partial charge in [0.25, 0.3) is 0 Å². The van der Waals surface area contributed by atoms with Crippen molar-refractivity contribution in [2.45, 2.75) is 26.2 Å². The van der Waals surface area contributed by atoms with Crippen molar-refractivity contribution in [2.75, 3.05) is 13.1 Å². The summed E-state index contributed by atoms with van der Waals surface area (Å²) in [5.41, 5.74) is 3.00. The zero-order chi connectivity index (χ0) is 16.9. The average Bonchev–Trinajstić information content (AvgIpc) is 2.67. The standard InChI is InChI=1S/C21H23NO2/c1-2-20(23)22-14-6-9-19(15-22)21(24)18-12-10-17(11-13-18)16-7-4-3-5-8-16/h3-5,7-8,10-13,19H,2,6,9,14-15H2,1H3/t19-/m0/s1. The van der Waals surface area contributed by atoms with Crippen molar-refractivity contribution in [1.29, 1.82) is 0 Å². The summed E-state index contributed by atoms with van der Waals surface area (Å²) in [6.45, 7) is 3.21. The summed E-state index contributed by atoms with van der Waals surface area (Å²) in [6.07, 6.45) is 2.28. The Balaban J connectivity index is 1.72. The molecule has 0 unspecified atom stereocenters. The molecule has 0 spiro atoms. The van der Waals surface area contributed by atoms with Crippen molar-refractivity contribution >= 4 is 11.7 Å². The Kier molecular flexibility index (Phi) is 5.09. The van der Waals surface area contributed by atoms with Gasteiger partial charge in [-0.15, -0.1) is 0 Å². The van der Waals surface area contributed by atoms with Gasteiger partial charge in [0.1, 0.15) is 0 Å². The fourth-order valence-electron chi connectivity index (χ4n) is 3.33. The van der Waals surface area contributed by atoms with Crippen molar-refractivity contribution in [3.63, 3.8) is 0 Å². The smallest absolute Gasteiger partial charge is 0.222 e. The summed E-state index contributed by atoms with van der Waals surface area (Å²) in [5.74, 6) is 0.229. The van der Waals surface area contributed by atoms with Crippen LogP contribution in [-0.2, 0) is 4.79 Å². The van der Waals surface area contributed by atoms with Crippen molar-refractivity contribution in [2.24, 2.45) is 5.92 Å². The first-order valence-corrected chi connectivity index (χ1v) is 8.66. The zero-order valence-electron chi connectivity index (χ0n) is 14.1. The highest BCUT2D eigenvalue weighted by Gasteiger charge is 2.28. The monoisotopic (exact) mass is 321 g/mol. The molecule has 124 valence electrons. The minimum atomic E-state index is -0.0724. The molecule has 0 bridgehead atoms. The molecule has 1 aliphatic heterocycles. The summed E-state index contributed by atoms with van der Waals surface area (Å²) in [7, 11) is 0. The maximum atomic E-state index is 12.8. The Bertz CT molecular complexity index is 706. The molecular formula is C21H23NO2. The Morgan fingerprint density at radius 1 is 1.00 bits per heavy atom. The lowest BCUT2D eigenvalue weighted by molar-refractivity contribution is -0.132. The second kappa shape index (κ2) is 7.43. The van der Waals surface area contributed by atoms with Crippen molar-refractivity contribution in [3.05, 3.63) is 60.2 Å². The maximum absolute atomic E-state index is 12.8. The maximum Gasteiger partial charge on any atom is 0.222 e. The van der Waals surface area contributed by atoms with Crippen LogP contribution in [0.1, 0.15) is 36.5 Å². The number of hydrogen-bond donors (Lipinski definition) is 0. The molecule has 1 fully saturated rings. The molecule has 0 aliphatic carbocycles. The SMILES string of the molecule is CCC(=O)N1CCC[C@H](C(=O)c2ccc(-c3ccccc3)cc2)C1. The fourth-order valence-corrected chi connectivity index (χ4v) is 3.33. The van der Waals surface area contributed by atoms with Crippen LogP contribution in [0.5, 0.6) is 0 Å². The van der Waals surface area contributed by atoms with Gasteiger partial charge >= 0.3 is 0 Å². The van der Waals surface area contributed by atoms with Crippen LogP contribution in [0.15, 0.2) is 54.6 Å². The third-order valence-electron chi connectivity index (χ3n) is 4.72. The summed E-state index contributed by atoms with van der Waals surface area (Å²) >= 11 is 0. The van der Waals surface area contributed by atoms with Gasteiger partial charge in [0.2, 0.25) is 5.91 Å². The Morgan fingerprint density at radius 3 is 2.33 bits per heavy atom. The van der Waals surface area contributed by atoms with Crippen LogP contribution in [0.3, 0.4) is 0 Å². The highest BCUT2D eigenvalue weighted by atomic mass is 16.2. The molecule has 3 nitrogen and oxygen atoms in total. The van der Waals surface area contributed by atoms with Crippen LogP contribution in [0, 0.1) is 5.92 Å². The van der Waals surface area contributed by atoms with Gasteiger partial charge in [-0.05, 0) is 24.0 Å². The van der Waals surface area contributed by atoms with E-state index < -0.39 is 0 Å². The van der Waals surface area contributed by atoms with Gasteiger partial charge < -0.3 is 4.90 Å². The topological polar surface area (TPSA) is 37.4 Å². The number of hydrogen-bond acceptors (Lipinski definition) is 2. The Labute approximate surface area is 143 Å². The number of benzene rings is 2. The van der Waals surface area contributed by atoms with Crippen LogP contribution in [0.2, 0.25) is 0 Å². The van der Waals surface area contributed by atoms with Gasteiger partial charge in [0, 0.05) is 31.0 Å². The van der Waals surface area contributed by atoms with Crippen LogP contribution in [-0.4, -0.2) is 29.7 Å². The first-order chi connectivity index (χ1) is 11.7. The summed E-state index contributed by atoms with van der Waals surface area (Å²) in [6, 6.07) is 18.0. The largest absolute Gasteiger partial charge is 0.342 e. The molecule has 3 heteroatoms. The third-order valence-corrected chi connectivity index (χ3v) is 4.72. The number of carbonyl (C=O) groups is 2. The first kappa shape index (κ1) is 16.4. The molecule has 2 aromatic carbocycles. The molecule has 1 atom stereocenters. The quantitative estimate of drug-likeness (QED) is 0.792. The predicted molar refractivity (Wildman–Crippen MR) is 95.8 cm³/mol. The van der Waals surface area contributed by atoms with Crippen LogP contribution >= 0.6 is 0 Å². The van der Waals surface area contributed by atoms with E-state index in [0.29, 0.717) is 13.0 Å². The number of rotatable bonds is 4. The van der Waals surface area contributed by atoms with Crippen molar-refractivity contribution in [1.82, 2.24) is 4.90 Å². The Hall–Kier alpha value is -2.42. The molecule has 0 saturated carbocycles. The zero-order valence-corrected chi connectivity index (χ0v) is 14.1. The molecule has 1 aliphatic rings. The van der Waals surface area contributed by atoms with Crippen LogP contribution in [0.4, 0.5) is 0 Å². The number of piperidine rings is 1. The number of ketones is 1. The highest BCUT2D eigenvalue weighted by molar-refractivity contribution is 5.98. The number of amides is 1. The van der Waals surface area contributed by atoms with E-state index >= 15 is 0 Å². The number of carbonyl (C=O) groups excluding carboxylic acids is 2. The van der Waals surface area contributed by atoms with Gasteiger partial charge in [0.05, 0.1) is 0 Å². The molecule has 1 heterocycles. The average molecular weight is 321 g/mol. The van der Waals surface area contributed by atoms with E-state index in [1.165, 1.54) is 0 Å². The molecule has 0 N–H and O–H groups in total. The van der Waals surface area contributed by atoms with Gasteiger partial charge in [0.15, 0.2) is 5.78 Å². The molecule has 24 heavy (non-hydrogen) atoms. The number of nitrogens with zero attached hydrogens (tertiary/aromatic N) is 1. The fraction of sp³-hybridized carbons (Fsp3) is 0.333. The van der Waals surface area contributed by atoms with Crippen molar-refractivity contribution < 1.29 is 9.59 Å². The third kappa shape index (κ3) is 3.56. The second-order valence-electron chi connectivity index (χ2n) is 6.34. The number of Topliss-reactive ketones (excluding diaryl/α,β-unsaturated/α-hetero) is 1. The molecule has 0 aromatic heterocycles. The van der Waals surface area contributed by atoms with E-state index in [-0.39, 0.29) is 17.6 Å². The molecule has 1 saturated heterocycles. The van der Waals surface area contributed by atoms with Crippen molar-refractivity contribution in [3.8, 4) is 11.1 Å². The van der Waals surface area contributed by atoms with E-state index in [0.717, 1.165) is 36.1 Å². The minimum absolute atomic E-state index is 0.0724. The summed E-state index contributed by atoms with van der Waals surface area (Å²) in [4.78, 5) is 26.5. The predicted octanol–water partition coefficient (Wildman–Crippen LogP) is 4.18. The van der Waals surface area contributed by atoms with Crippen LogP contribution in [0.25, 0.3) is 11.1 Å². The normalized spacial score (nSPS) is 17.5. The molecule has 1 amide bonds. The number of likely N-dealkylation sites (tertiary alicyclic amines) is 1. The van der Waals surface area contributed by atoms with Gasteiger partial charge in [-0.25, -0.2) is 0 Å². The lowest BCUT2D eigenvalue weighted by Crippen LogP contribution is -2.42. The van der Waals surface area contributed by atoms with Gasteiger partial charge in [-0.3, -0.25) is 9.59 Å². The summed E-state index contributed by atoms with van der Waals surface area (Å²) in [5, 5.41) is 0.